The molecule has 104 valence electrons. The van der Waals surface area contributed by atoms with Gasteiger partial charge in [-0.1, -0.05) is 20.8 Å². The lowest BCUT2D eigenvalue weighted by Gasteiger charge is -2.33. The summed E-state index contributed by atoms with van der Waals surface area (Å²) in [6, 6.07) is -0.413. The number of carboxylic acids is 1. The summed E-state index contributed by atoms with van der Waals surface area (Å²) in [5.74, 6) is -0.936. The number of nitrogens with one attached hydrogen (secondary N) is 1. The van der Waals surface area contributed by atoms with Gasteiger partial charge in [0.15, 0.2) is 0 Å². The van der Waals surface area contributed by atoms with Crippen molar-refractivity contribution in [2.45, 2.75) is 58.5 Å². The van der Waals surface area contributed by atoms with Crippen LogP contribution in [0.2, 0.25) is 0 Å². The van der Waals surface area contributed by atoms with Gasteiger partial charge in [0, 0.05) is 6.04 Å². The molecule has 0 aliphatic heterocycles. The van der Waals surface area contributed by atoms with E-state index in [1.54, 1.807) is 6.92 Å². The van der Waals surface area contributed by atoms with Gasteiger partial charge in [0.25, 0.3) is 0 Å². The first-order chi connectivity index (χ1) is 8.05. The van der Waals surface area contributed by atoms with Crippen LogP contribution in [0.5, 0.6) is 0 Å². The summed E-state index contributed by atoms with van der Waals surface area (Å²) in [5.41, 5.74) is 4.83. The van der Waals surface area contributed by atoms with Crippen molar-refractivity contribution in [3.8, 4) is 0 Å². The molecule has 2 unspecified atom stereocenters. The van der Waals surface area contributed by atoms with Gasteiger partial charge in [-0.15, -0.1) is 0 Å². The summed E-state index contributed by atoms with van der Waals surface area (Å²) in [7, 11) is 0. The van der Waals surface area contributed by atoms with E-state index in [1.165, 1.54) is 0 Å². The van der Waals surface area contributed by atoms with E-state index in [0.717, 1.165) is 12.8 Å². The van der Waals surface area contributed by atoms with Gasteiger partial charge in [0.1, 0.15) is 0 Å². The highest BCUT2D eigenvalue weighted by Crippen LogP contribution is 2.38. The normalized spacial score (nSPS) is 20.9. The molecule has 1 aliphatic carbocycles. The van der Waals surface area contributed by atoms with Gasteiger partial charge in [0.05, 0.1) is 12.0 Å². The first-order valence-electron chi connectivity index (χ1n) is 6.36. The predicted molar refractivity (Wildman–Crippen MR) is 69.0 cm³/mol. The molecule has 1 amide bonds. The van der Waals surface area contributed by atoms with E-state index in [1.807, 2.05) is 20.8 Å². The number of carbonyl (C=O) groups is 2. The number of carbonyl (C=O) groups excluding carboxylic acids is 1. The maximum absolute atomic E-state index is 12.2. The van der Waals surface area contributed by atoms with E-state index >= 15 is 0 Å². The topological polar surface area (TPSA) is 92.4 Å². The molecular weight excluding hydrogens is 232 g/mol. The predicted octanol–water partition coefficient (Wildman–Crippen LogP) is 1.12. The van der Waals surface area contributed by atoms with Crippen LogP contribution in [-0.2, 0) is 9.59 Å². The van der Waals surface area contributed by atoms with Gasteiger partial charge in [-0.25, -0.2) is 0 Å². The van der Waals surface area contributed by atoms with Crippen LogP contribution in [0.3, 0.4) is 0 Å². The molecule has 4 N–H and O–H groups in total. The minimum Gasteiger partial charge on any atom is -0.481 e. The quantitative estimate of drug-likeness (QED) is 0.687. The second kappa shape index (κ2) is 4.88. The Morgan fingerprint density at radius 1 is 1.33 bits per heavy atom. The molecular formula is C13H24N2O3. The molecule has 0 aromatic rings. The van der Waals surface area contributed by atoms with E-state index in [0.29, 0.717) is 0 Å². The van der Waals surface area contributed by atoms with Crippen LogP contribution in [0, 0.1) is 11.3 Å². The second-order valence-electron chi connectivity index (χ2n) is 6.55. The molecule has 0 radical (unpaired) electrons. The Hall–Kier alpha value is -1.10. The van der Waals surface area contributed by atoms with E-state index < -0.39 is 17.6 Å². The average molecular weight is 256 g/mol. The van der Waals surface area contributed by atoms with Crippen LogP contribution in [0.15, 0.2) is 0 Å². The van der Waals surface area contributed by atoms with Crippen LogP contribution < -0.4 is 11.1 Å². The third kappa shape index (κ3) is 3.70. The van der Waals surface area contributed by atoms with Gasteiger partial charge in [-0.2, -0.15) is 0 Å². The van der Waals surface area contributed by atoms with Crippen molar-refractivity contribution in [3.63, 3.8) is 0 Å². The molecule has 5 heteroatoms. The van der Waals surface area contributed by atoms with Crippen LogP contribution in [0.4, 0.5) is 0 Å². The molecule has 0 bridgehead atoms. The van der Waals surface area contributed by atoms with Gasteiger partial charge < -0.3 is 16.2 Å². The molecule has 18 heavy (non-hydrogen) atoms. The minimum atomic E-state index is -0.916. The Morgan fingerprint density at radius 3 is 2.17 bits per heavy atom. The number of nitrogens with two attached hydrogens (primary N) is 1. The molecule has 2 atom stereocenters. The SMILES string of the molecule is CC(C)(C)C(CC(=O)O)NC(=O)C(C)(N)C1CC1. The lowest BCUT2D eigenvalue weighted by atomic mass is 9.83. The van der Waals surface area contributed by atoms with Gasteiger partial charge in [0.2, 0.25) is 5.91 Å². The molecule has 0 aromatic carbocycles. The van der Waals surface area contributed by atoms with Gasteiger partial charge >= 0.3 is 5.97 Å². The summed E-state index contributed by atoms with van der Waals surface area (Å²) in [6.45, 7) is 7.45. The number of aliphatic carboxylic acids is 1. The van der Waals surface area contributed by atoms with E-state index in [4.69, 9.17) is 10.8 Å². The first-order valence-corrected chi connectivity index (χ1v) is 6.36. The number of hydrogen-bond acceptors (Lipinski definition) is 3. The Balaban J connectivity index is 2.71. The van der Waals surface area contributed by atoms with Crippen molar-refractivity contribution < 1.29 is 14.7 Å². The highest BCUT2D eigenvalue weighted by atomic mass is 16.4. The molecule has 0 saturated heterocycles. The summed E-state index contributed by atoms with van der Waals surface area (Å²) in [6.07, 6.45) is 1.86. The average Bonchev–Trinajstić information content (AvgIpc) is 2.97. The third-order valence-corrected chi connectivity index (χ3v) is 3.64. The Labute approximate surface area is 108 Å². The third-order valence-electron chi connectivity index (χ3n) is 3.64. The maximum Gasteiger partial charge on any atom is 0.305 e. The van der Waals surface area contributed by atoms with Crippen molar-refractivity contribution in [2.24, 2.45) is 17.1 Å². The van der Waals surface area contributed by atoms with Crippen molar-refractivity contribution >= 4 is 11.9 Å². The molecule has 1 aliphatic rings. The van der Waals surface area contributed by atoms with Crippen molar-refractivity contribution in [1.29, 1.82) is 0 Å². The lowest BCUT2D eigenvalue weighted by Crippen LogP contribution is -2.58. The fourth-order valence-corrected chi connectivity index (χ4v) is 1.93. The van der Waals surface area contributed by atoms with Crippen LogP contribution in [-0.4, -0.2) is 28.6 Å². The van der Waals surface area contributed by atoms with Crippen molar-refractivity contribution in [1.82, 2.24) is 5.32 Å². The van der Waals surface area contributed by atoms with Crippen LogP contribution >= 0.6 is 0 Å². The summed E-state index contributed by atoms with van der Waals surface area (Å²) in [5, 5.41) is 11.7. The Bertz CT molecular complexity index is 341. The maximum atomic E-state index is 12.2. The fraction of sp³-hybridized carbons (Fsp3) is 0.846. The summed E-state index contributed by atoms with van der Waals surface area (Å²) >= 11 is 0. The molecule has 1 rings (SSSR count). The molecule has 1 saturated carbocycles. The van der Waals surface area contributed by atoms with Crippen molar-refractivity contribution in [2.75, 3.05) is 0 Å². The number of amides is 1. The Kier molecular flexibility index (Phi) is 4.05. The van der Waals surface area contributed by atoms with E-state index in [-0.39, 0.29) is 23.7 Å². The number of hydrogen-bond donors (Lipinski definition) is 3. The Morgan fingerprint density at radius 2 is 1.83 bits per heavy atom. The van der Waals surface area contributed by atoms with Gasteiger partial charge in [-0.05, 0) is 31.1 Å². The highest BCUT2D eigenvalue weighted by Gasteiger charge is 2.45. The van der Waals surface area contributed by atoms with E-state index in [9.17, 15) is 9.59 Å². The molecule has 0 spiro atoms. The van der Waals surface area contributed by atoms with Gasteiger partial charge in [-0.3, -0.25) is 9.59 Å². The largest absolute Gasteiger partial charge is 0.481 e. The van der Waals surface area contributed by atoms with Crippen LogP contribution in [0.1, 0.15) is 47.0 Å². The lowest BCUT2D eigenvalue weighted by molar-refractivity contribution is -0.139. The zero-order valence-electron chi connectivity index (χ0n) is 11.6. The monoisotopic (exact) mass is 256 g/mol. The molecule has 0 aromatic heterocycles. The van der Waals surface area contributed by atoms with E-state index in [2.05, 4.69) is 5.32 Å². The zero-order valence-corrected chi connectivity index (χ0v) is 11.6. The number of rotatable bonds is 5. The molecule has 1 fully saturated rings. The summed E-state index contributed by atoms with van der Waals surface area (Å²) in [4.78, 5) is 23.0. The fourth-order valence-electron chi connectivity index (χ4n) is 1.93. The molecule has 0 heterocycles. The molecule has 5 nitrogen and oxygen atoms in total. The summed E-state index contributed by atoms with van der Waals surface area (Å²) < 4.78 is 0. The smallest absolute Gasteiger partial charge is 0.305 e. The first kappa shape index (κ1) is 15.0. The number of carboxylic acid groups (broad SMARTS) is 1. The van der Waals surface area contributed by atoms with Crippen LogP contribution in [0.25, 0.3) is 0 Å². The van der Waals surface area contributed by atoms with Crippen molar-refractivity contribution in [3.05, 3.63) is 0 Å². The standard InChI is InChI=1S/C13H24N2O3/c1-12(2,3)9(7-10(16)17)15-11(18)13(4,14)8-5-6-8/h8-9H,5-7,14H2,1-4H3,(H,15,18)(H,16,17). The minimum absolute atomic E-state index is 0.0873. The zero-order chi connectivity index (χ0) is 14.1. The second-order valence-corrected chi connectivity index (χ2v) is 6.55. The highest BCUT2D eigenvalue weighted by molar-refractivity contribution is 5.87.